The van der Waals surface area contributed by atoms with E-state index >= 15 is 4.39 Å². The van der Waals surface area contributed by atoms with Crippen molar-refractivity contribution in [1.29, 1.82) is 0 Å². The first-order valence-corrected chi connectivity index (χ1v) is 10.9. The van der Waals surface area contributed by atoms with Gasteiger partial charge >= 0.3 is 6.09 Å². The maximum atomic E-state index is 15.1. The molecule has 0 radical (unpaired) electrons. The Morgan fingerprint density at radius 1 is 1.24 bits per heavy atom. The molecule has 3 aliphatic rings. The molecule has 1 unspecified atom stereocenters. The number of amides is 1. The van der Waals surface area contributed by atoms with Crippen molar-refractivity contribution in [3.63, 3.8) is 0 Å². The summed E-state index contributed by atoms with van der Waals surface area (Å²) < 4.78 is 25.5. The fraction of sp³-hybridized carbons (Fsp3) is 0.304. The van der Waals surface area contributed by atoms with Crippen LogP contribution in [-0.4, -0.2) is 58.5 Å². The van der Waals surface area contributed by atoms with Gasteiger partial charge in [-0.1, -0.05) is 16.4 Å². The van der Waals surface area contributed by atoms with Crippen molar-refractivity contribution in [3.8, 4) is 11.1 Å². The number of nitrogens with zero attached hydrogens (tertiary/aromatic N) is 4. The van der Waals surface area contributed by atoms with Crippen molar-refractivity contribution >= 4 is 23.3 Å². The minimum Gasteiger partial charge on any atom is -0.442 e. The monoisotopic (exact) mass is 465 g/mol. The first kappa shape index (κ1) is 20.6. The Hall–Kier alpha value is -3.99. The minimum absolute atomic E-state index is 0.117. The second kappa shape index (κ2) is 8.10. The summed E-state index contributed by atoms with van der Waals surface area (Å²) in [6, 6.07) is 8.12. The molecule has 0 saturated carbocycles. The maximum Gasteiger partial charge on any atom is 0.415 e. The molecule has 1 amide bonds. The summed E-state index contributed by atoms with van der Waals surface area (Å²) >= 11 is 0. The lowest BCUT2D eigenvalue weighted by molar-refractivity contribution is 0.0390. The zero-order valence-electron chi connectivity index (χ0n) is 17.8. The number of aliphatic hydroxyl groups excluding tert-OH is 1. The summed E-state index contributed by atoms with van der Waals surface area (Å²) in [6.07, 6.45) is 2.78. The van der Waals surface area contributed by atoms with Gasteiger partial charge in [0.05, 0.1) is 30.6 Å². The summed E-state index contributed by atoms with van der Waals surface area (Å²) in [7, 11) is 0. The predicted molar refractivity (Wildman–Crippen MR) is 118 cm³/mol. The number of pyridine rings is 1. The number of hydrogen-bond acceptors (Lipinski definition) is 9. The normalized spacial score (nSPS) is 22.8. The van der Waals surface area contributed by atoms with Gasteiger partial charge in [-0.05, 0) is 30.2 Å². The molecule has 0 aliphatic carbocycles. The molecule has 5 heterocycles. The van der Waals surface area contributed by atoms with Gasteiger partial charge in [-0.3, -0.25) is 9.88 Å². The zero-order chi connectivity index (χ0) is 23.2. The number of fused-ring (bicyclic) bond motifs is 3. The number of nitrogens with one attached hydrogen (secondary N) is 1. The van der Waals surface area contributed by atoms with Gasteiger partial charge in [0.25, 0.3) is 0 Å². The Balaban J connectivity index is 1.22. The molecule has 3 aromatic rings. The topological polar surface area (TPSA) is 122 Å². The van der Waals surface area contributed by atoms with Crippen LogP contribution in [0.4, 0.5) is 20.7 Å². The van der Waals surface area contributed by atoms with E-state index in [0.717, 1.165) is 5.56 Å². The fourth-order valence-electron chi connectivity index (χ4n) is 4.60. The molecule has 3 aliphatic heterocycles. The van der Waals surface area contributed by atoms with Gasteiger partial charge in [0.1, 0.15) is 23.9 Å². The molecule has 174 valence electrons. The molecular formula is C23H20FN5O5. The van der Waals surface area contributed by atoms with E-state index in [4.69, 9.17) is 14.1 Å². The number of aromatic nitrogens is 2. The third-order valence-corrected chi connectivity index (χ3v) is 6.30. The number of anilines is 2. The number of halogens is 1. The van der Waals surface area contributed by atoms with E-state index in [9.17, 15) is 9.90 Å². The van der Waals surface area contributed by atoms with Gasteiger partial charge in [0.2, 0.25) is 0 Å². The third-order valence-electron chi connectivity index (χ3n) is 6.30. The van der Waals surface area contributed by atoms with E-state index in [-0.39, 0.29) is 18.8 Å². The number of carbonyl (C=O) groups is 1. The van der Waals surface area contributed by atoms with Gasteiger partial charge in [-0.15, -0.1) is 0 Å². The van der Waals surface area contributed by atoms with E-state index in [1.165, 1.54) is 17.2 Å². The van der Waals surface area contributed by atoms with Gasteiger partial charge in [0.15, 0.2) is 11.9 Å². The number of hydrogen-bond donors (Lipinski definition) is 2. The van der Waals surface area contributed by atoms with Crippen LogP contribution in [0.3, 0.4) is 0 Å². The van der Waals surface area contributed by atoms with Crippen LogP contribution in [-0.2, 0) is 16.0 Å². The molecule has 1 aromatic carbocycles. The molecule has 0 spiro atoms. The number of benzene rings is 1. The van der Waals surface area contributed by atoms with Crippen LogP contribution >= 0.6 is 0 Å². The highest BCUT2D eigenvalue weighted by Gasteiger charge is 2.47. The van der Waals surface area contributed by atoms with Crippen molar-refractivity contribution in [1.82, 2.24) is 10.1 Å². The van der Waals surface area contributed by atoms with E-state index in [1.807, 2.05) is 0 Å². The summed E-state index contributed by atoms with van der Waals surface area (Å²) in [4.78, 5) is 23.6. The van der Waals surface area contributed by atoms with Gasteiger partial charge in [-0.2, -0.15) is 0 Å². The molecule has 10 nitrogen and oxygen atoms in total. The maximum absolute atomic E-state index is 15.1. The Morgan fingerprint density at radius 3 is 2.88 bits per heavy atom. The number of cyclic esters (lactones) is 1. The van der Waals surface area contributed by atoms with Crippen molar-refractivity contribution < 1.29 is 28.4 Å². The number of carbonyl (C=O) groups excluding carboxylic acids is 1. The van der Waals surface area contributed by atoms with Crippen LogP contribution in [0.1, 0.15) is 17.7 Å². The van der Waals surface area contributed by atoms with Crippen LogP contribution in [0.25, 0.3) is 11.1 Å². The quantitative estimate of drug-likeness (QED) is 0.570. The Kier molecular flexibility index (Phi) is 4.91. The molecular weight excluding hydrogens is 445 g/mol. The van der Waals surface area contributed by atoms with Gasteiger partial charge in [-0.25, -0.2) is 9.18 Å². The first-order chi connectivity index (χ1) is 16.6. The predicted octanol–water partition coefficient (Wildman–Crippen LogP) is 2.72. The molecule has 2 aromatic heterocycles. The number of aliphatic hydroxyl groups is 1. The van der Waals surface area contributed by atoms with Crippen LogP contribution in [0, 0.1) is 5.82 Å². The lowest BCUT2D eigenvalue weighted by Crippen LogP contribution is -2.36. The van der Waals surface area contributed by atoms with Crippen LogP contribution < -0.4 is 10.2 Å². The molecule has 3 atom stereocenters. The van der Waals surface area contributed by atoms with Crippen LogP contribution in [0.15, 0.2) is 52.5 Å². The van der Waals surface area contributed by atoms with E-state index < -0.39 is 18.0 Å². The highest BCUT2D eigenvalue weighted by Crippen LogP contribution is 2.41. The second-order valence-corrected chi connectivity index (χ2v) is 8.37. The zero-order valence-corrected chi connectivity index (χ0v) is 17.8. The van der Waals surface area contributed by atoms with Crippen molar-refractivity contribution in [2.24, 2.45) is 5.16 Å². The fourth-order valence-corrected chi connectivity index (χ4v) is 4.60. The largest absolute Gasteiger partial charge is 0.442 e. The van der Waals surface area contributed by atoms with E-state index in [0.29, 0.717) is 53.4 Å². The standard InChI is InChI=1S/C23H20FN5O5/c24-16-8-19-13(6-20-21(33-23(31)29(19)20)10-26-22-3-4-32-28-22)5-15(16)12-1-2-17(25-9-12)18-7-14(11-30)34-27-18/h1-5,8-9,14,20-21,30H,6-7,10-11H2,(H,26,28)/t14-,20-,21?/m0/s1. The van der Waals surface area contributed by atoms with Crippen LogP contribution in [0.5, 0.6) is 0 Å². The van der Waals surface area contributed by atoms with E-state index in [1.54, 1.807) is 30.5 Å². The molecule has 11 heteroatoms. The highest BCUT2D eigenvalue weighted by atomic mass is 19.1. The van der Waals surface area contributed by atoms with Crippen molar-refractivity contribution in [2.45, 2.75) is 31.1 Å². The summed E-state index contributed by atoms with van der Waals surface area (Å²) in [6.45, 7) is 0.243. The average Bonchev–Trinajstić information content (AvgIpc) is 3.64. The molecule has 0 bridgehead atoms. The lowest BCUT2D eigenvalue weighted by atomic mass is 9.99. The second-order valence-electron chi connectivity index (χ2n) is 8.37. The molecule has 6 rings (SSSR count). The Labute approximate surface area is 193 Å². The van der Waals surface area contributed by atoms with E-state index in [2.05, 4.69) is 20.6 Å². The first-order valence-electron chi connectivity index (χ1n) is 10.9. The van der Waals surface area contributed by atoms with Crippen molar-refractivity contribution in [2.75, 3.05) is 23.4 Å². The number of oxime groups is 1. The SMILES string of the molecule is O=C1OC(CNc2ccon2)[C@@H]2Cc3cc(-c4ccc(C5=NO[C@H](CO)C5)nc4)c(F)cc3N12. The molecule has 34 heavy (non-hydrogen) atoms. The Bertz CT molecular complexity index is 1260. The Morgan fingerprint density at radius 2 is 2.15 bits per heavy atom. The third kappa shape index (κ3) is 3.45. The molecule has 1 fully saturated rings. The smallest absolute Gasteiger partial charge is 0.415 e. The van der Waals surface area contributed by atoms with Gasteiger partial charge in [0, 0.05) is 29.8 Å². The molecule has 1 saturated heterocycles. The summed E-state index contributed by atoms with van der Waals surface area (Å²) in [5, 5.41) is 20.0. The minimum atomic E-state index is -0.491. The summed E-state index contributed by atoms with van der Waals surface area (Å²) in [5.41, 5.74) is 3.67. The number of ether oxygens (including phenoxy) is 1. The summed E-state index contributed by atoms with van der Waals surface area (Å²) in [5.74, 6) is 0.101. The lowest BCUT2D eigenvalue weighted by Gasteiger charge is -2.16. The van der Waals surface area contributed by atoms with Gasteiger partial charge < -0.3 is 24.5 Å². The molecule has 2 N–H and O–H groups in total. The van der Waals surface area contributed by atoms with Crippen molar-refractivity contribution in [3.05, 3.63) is 59.9 Å². The number of rotatable bonds is 6. The average molecular weight is 465 g/mol. The highest BCUT2D eigenvalue weighted by molar-refractivity contribution is 6.00. The van der Waals surface area contributed by atoms with Crippen LogP contribution in [0.2, 0.25) is 0 Å².